The van der Waals surface area contributed by atoms with Gasteiger partial charge in [-0.2, -0.15) is 0 Å². The minimum absolute atomic E-state index is 0.531. The fourth-order valence-corrected chi connectivity index (χ4v) is 4.34. The van der Waals surface area contributed by atoms with Gasteiger partial charge < -0.3 is 0 Å². The van der Waals surface area contributed by atoms with Crippen molar-refractivity contribution in [1.29, 1.82) is 0 Å². The maximum absolute atomic E-state index is 2.44. The molecule has 2 aliphatic carbocycles. The van der Waals surface area contributed by atoms with Crippen molar-refractivity contribution in [3.63, 3.8) is 0 Å². The molecule has 2 saturated carbocycles. The fraction of sp³-hybridized carbons (Fsp3) is 1.00. The molecule has 0 saturated heterocycles. The molecule has 0 aromatic carbocycles. The van der Waals surface area contributed by atoms with Gasteiger partial charge in [0.25, 0.3) is 0 Å². The van der Waals surface area contributed by atoms with Crippen molar-refractivity contribution in [3.05, 3.63) is 0 Å². The molecule has 0 spiro atoms. The summed E-state index contributed by atoms with van der Waals surface area (Å²) in [7, 11) is 0. The van der Waals surface area contributed by atoms with Gasteiger partial charge in [0.2, 0.25) is 0 Å². The van der Waals surface area contributed by atoms with Crippen LogP contribution in [0, 0.1) is 34.5 Å². The highest BCUT2D eigenvalue weighted by Gasteiger charge is 2.52. The van der Waals surface area contributed by atoms with Gasteiger partial charge in [-0.05, 0) is 53.8 Å². The smallest absolute Gasteiger partial charge is 0.0331 e. The zero-order valence-corrected chi connectivity index (χ0v) is 11.4. The zero-order valence-electron chi connectivity index (χ0n) is 11.4. The van der Waals surface area contributed by atoms with E-state index in [1.807, 2.05) is 0 Å². The third-order valence-corrected chi connectivity index (χ3v) is 5.04. The van der Waals surface area contributed by atoms with Crippen LogP contribution in [0.25, 0.3) is 0 Å². The standard InChI is InChI=1S/C15H28/c1-14(2,3)12-8-10-7-11(12)13(9-10)15(4,5)6/h10-13H,7-9H2,1-6H3. The van der Waals surface area contributed by atoms with Gasteiger partial charge in [-0.3, -0.25) is 0 Å². The third kappa shape index (κ3) is 1.97. The molecule has 0 N–H and O–H groups in total. The summed E-state index contributed by atoms with van der Waals surface area (Å²) in [6.45, 7) is 14.7. The van der Waals surface area contributed by atoms with Gasteiger partial charge in [0.1, 0.15) is 0 Å². The van der Waals surface area contributed by atoms with Gasteiger partial charge >= 0.3 is 0 Å². The predicted octanol–water partition coefficient (Wildman–Crippen LogP) is 4.74. The number of rotatable bonds is 0. The van der Waals surface area contributed by atoms with Crippen LogP contribution in [0.5, 0.6) is 0 Å². The van der Waals surface area contributed by atoms with Gasteiger partial charge in [-0.15, -0.1) is 0 Å². The largest absolute Gasteiger partial charge is 0.0599 e. The Bertz CT molecular complexity index is 214. The lowest BCUT2D eigenvalue weighted by Gasteiger charge is -2.43. The molecule has 2 rings (SSSR count). The summed E-state index contributed by atoms with van der Waals surface area (Å²) in [6, 6.07) is 0. The van der Waals surface area contributed by atoms with Crippen LogP contribution in [0.2, 0.25) is 0 Å². The highest BCUT2D eigenvalue weighted by atomic mass is 14.6. The van der Waals surface area contributed by atoms with Crippen LogP contribution in [-0.2, 0) is 0 Å². The predicted molar refractivity (Wildman–Crippen MR) is 66.7 cm³/mol. The van der Waals surface area contributed by atoms with Crippen molar-refractivity contribution in [2.45, 2.75) is 60.8 Å². The molecular formula is C15H28. The van der Waals surface area contributed by atoms with Crippen LogP contribution in [0.4, 0.5) is 0 Å². The summed E-state index contributed by atoms with van der Waals surface area (Å²) < 4.78 is 0. The van der Waals surface area contributed by atoms with Crippen LogP contribution in [0.1, 0.15) is 60.8 Å². The Kier molecular flexibility index (Phi) is 2.48. The third-order valence-electron chi connectivity index (χ3n) is 5.04. The van der Waals surface area contributed by atoms with Gasteiger partial charge in [-0.25, -0.2) is 0 Å². The van der Waals surface area contributed by atoms with Crippen molar-refractivity contribution in [2.75, 3.05) is 0 Å². The molecule has 2 bridgehead atoms. The van der Waals surface area contributed by atoms with Crippen LogP contribution < -0.4 is 0 Å². The molecule has 0 amide bonds. The van der Waals surface area contributed by atoms with Crippen molar-refractivity contribution < 1.29 is 0 Å². The van der Waals surface area contributed by atoms with E-state index in [1.54, 1.807) is 0 Å². The quantitative estimate of drug-likeness (QED) is 0.539. The van der Waals surface area contributed by atoms with Gasteiger partial charge in [0.05, 0.1) is 0 Å². The fourth-order valence-electron chi connectivity index (χ4n) is 4.34. The first-order valence-corrected chi connectivity index (χ1v) is 6.69. The minimum atomic E-state index is 0.531. The lowest BCUT2D eigenvalue weighted by atomic mass is 9.62. The Balaban J connectivity index is 2.17. The lowest BCUT2D eigenvalue weighted by Crippen LogP contribution is -2.36. The number of fused-ring (bicyclic) bond motifs is 2. The first-order valence-electron chi connectivity index (χ1n) is 6.69. The molecule has 0 aromatic heterocycles. The molecule has 0 heteroatoms. The summed E-state index contributed by atoms with van der Waals surface area (Å²) >= 11 is 0. The average Bonchev–Trinajstić information content (AvgIpc) is 2.57. The van der Waals surface area contributed by atoms with E-state index in [-0.39, 0.29) is 0 Å². The summed E-state index contributed by atoms with van der Waals surface area (Å²) in [5.41, 5.74) is 1.06. The molecule has 88 valence electrons. The van der Waals surface area contributed by atoms with E-state index >= 15 is 0 Å². The Hall–Kier alpha value is 0. The second kappa shape index (κ2) is 3.25. The first kappa shape index (κ1) is 11.5. The SMILES string of the molecule is CC(C)(C)C1CC2CC1C(C(C)(C)C)C2. The molecule has 2 atom stereocenters. The van der Waals surface area contributed by atoms with E-state index in [4.69, 9.17) is 0 Å². The molecule has 0 aliphatic heterocycles. The molecule has 0 radical (unpaired) electrons. The molecule has 0 nitrogen and oxygen atoms in total. The van der Waals surface area contributed by atoms with E-state index < -0.39 is 0 Å². The van der Waals surface area contributed by atoms with Crippen molar-refractivity contribution in [3.8, 4) is 0 Å². The maximum atomic E-state index is 2.44. The molecule has 2 unspecified atom stereocenters. The van der Waals surface area contributed by atoms with Gasteiger partial charge in [0.15, 0.2) is 0 Å². The Morgan fingerprint density at radius 3 is 1.33 bits per heavy atom. The van der Waals surface area contributed by atoms with E-state index in [0.29, 0.717) is 10.8 Å². The van der Waals surface area contributed by atoms with E-state index in [9.17, 15) is 0 Å². The van der Waals surface area contributed by atoms with Crippen molar-refractivity contribution in [1.82, 2.24) is 0 Å². The maximum Gasteiger partial charge on any atom is -0.0331 e. The average molecular weight is 208 g/mol. The topological polar surface area (TPSA) is 0 Å². The van der Waals surface area contributed by atoms with Crippen molar-refractivity contribution >= 4 is 0 Å². The second-order valence-corrected chi connectivity index (χ2v) is 8.18. The molecular weight excluding hydrogens is 180 g/mol. The number of hydrogen-bond acceptors (Lipinski definition) is 0. The molecule has 2 fully saturated rings. The first-order chi connectivity index (χ1) is 6.69. The van der Waals surface area contributed by atoms with E-state index in [2.05, 4.69) is 41.5 Å². The lowest BCUT2D eigenvalue weighted by molar-refractivity contribution is 0.0601. The normalized spacial score (nSPS) is 41.2. The van der Waals surface area contributed by atoms with Gasteiger partial charge in [-0.1, -0.05) is 41.5 Å². The monoisotopic (exact) mass is 208 g/mol. The number of hydrogen-bond donors (Lipinski definition) is 0. The van der Waals surface area contributed by atoms with Crippen molar-refractivity contribution in [2.24, 2.45) is 34.5 Å². The van der Waals surface area contributed by atoms with E-state index in [1.165, 1.54) is 19.3 Å². The summed E-state index contributed by atoms with van der Waals surface area (Å²) in [5, 5.41) is 0. The van der Waals surface area contributed by atoms with Crippen LogP contribution in [-0.4, -0.2) is 0 Å². The van der Waals surface area contributed by atoms with Crippen LogP contribution in [0.3, 0.4) is 0 Å². The highest BCUT2D eigenvalue weighted by Crippen LogP contribution is 2.60. The molecule has 15 heavy (non-hydrogen) atoms. The van der Waals surface area contributed by atoms with Crippen LogP contribution in [0.15, 0.2) is 0 Å². The van der Waals surface area contributed by atoms with Gasteiger partial charge in [0, 0.05) is 0 Å². The highest BCUT2D eigenvalue weighted by molar-refractivity contribution is 5.01. The Morgan fingerprint density at radius 2 is 1.07 bits per heavy atom. The van der Waals surface area contributed by atoms with Crippen LogP contribution >= 0.6 is 0 Å². The summed E-state index contributed by atoms with van der Waals surface area (Å²) in [4.78, 5) is 0. The minimum Gasteiger partial charge on any atom is -0.0599 e. The van der Waals surface area contributed by atoms with E-state index in [0.717, 1.165) is 23.7 Å². The Morgan fingerprint density at radius 1 is 0.667 bits per heavy atom. The molecule has 0 aromatic rings. The molecule has 2 aliphatic rings. The second-order valence-electron chi connectivity index (χ2n) is 8.18. The zero-order chi connectivity index (χ0) is 11.4. The Labute approximate surface area is 95.8 Å². The molecule has 0 heterocycles. The summed E-state index contributed by atoms with van der Waals surface area (Å²) in [5.74, 6) is 4.05. The summed E-state index contributed by atoms with van der Waals surface area (Å²) in [6.07, 6.45) is 4.56.